The van der Waals surface area contributed by atoms with Gasteiger partial charge < -0.3 is 5.11 Å². The second kappa shape index (κ2) is 6.51. The Hall–Kier alpha value is -1.18. The van der Waals surface area contributed by atoms with Crippen molar-refractivity contribution < 1.29 is 22.7 Å². The van der Waals surface area contributed by atoms with Crippen LogP contribution >= 0.6 is 11.6 Å². The van der Waals surface area contributed by atoms with Gasteiger partial charge in [0, 0.05) is 6.04 Å². The Morgan fingerprint density at radius 3 is 2.40 bits per heavy atom. The minimum atomic E-state index is -3.99. The lowest BCUT2D eigenvalue weighted by molar-refractivity contribution is 0.0696. The van der Waals surface area contributed by atoms with Crippen molar-refractivity contribution in [3.05, 3.63) is 28.5 Å². The van der Waals surface area contributed by atoms with Crippen LogP contribution in [0.2, 0.25) is 5.02 Å². The molecule has 0 aliphatic rings. The molecule has 0 radical (unpaired) electrons. The molecular weight excluding hydrogens is 309 g/mol. The van der Waals surface area contributed by atoms with E-state index in [0.717, 1.165) is 6.07 Å². The number of sulfonamides is 1. The minimum absolute atomic E-state index is 0.299. The maximum absolute atomic E-state index is 13.5. The lowest BCUT2D eigenvalue weighted by Crippen LogP contribution is -2.34. The van der Waals surface area contributed by atoms with E-state index < -0.39 is 37.3 Å². The average Bonchev–Trinajstić information content (AvgIpc) is 2.38. The first kappa shape index (κ1) is 16.9. The first-order chi connectivity index (χ1) is 9.22. The van der Waals surface area contributed by atoms with Crippen molar-refractivity contribution in [1.29, 1.82) is 0 Å². The molecule has 0 saturated carbocycles. The van der Waals surface area contributed by atoms with Crippen molar-refractivity contribution in [1.82, 2.24) is 4.72 Å². The maximum atomic E-state index is 13.5. The van der Waals surface area contributed by atoms with E-state index in [9.17, 15) is 17.6 Å². The molecule has 0 spiro atoms. The van der Waals surface area contributed by atoms with Gasteiger partial charge in [-0.05, 0) is 25.0 Å². The number of aromatic carboxylic acids is 1. The van der Waals surface area contributed by atoms with E-state index in [4.69, 9.17) is 16.7 Å². The van der Waals surface area contributed by atoms with Crippen LogP contribution in [0.25, 0.3) is 0 Å². The van der Waals surface area contributed by atoms with Gasteiger partial charge in [-0.25, -0.2) is 22.3 Å². The van der Waals surface area contributed by atoms with Crippen molar-refractivity contribution in [2.75, 3.05) is 0 Å². The zero-order chi connectivity index (χ0) is 15.5. The van der Waals surface area contributed by atoms with Crippen LogP contribution in [0.5, 0.6) is 0 Å². The van der Waals surface area contributed by atoms with Gasteiger partial charge in [-0.1, -0.05) is 25.4 Å². The van der Waals surface area contributed by atoms with Crippen LogP contribution < -0.4 is 4.72 Å². The maximum Gasteiger partial charge on any atom is 0.337 e. The fraction of sp³-hybridized carbons (Fsp3) is 0.417. The average molecular weight is 324 g/mol. The summed E-state index contributed by atoms with van der Waals surface area (Å²) in [4.78, 5) is 10.5. The van der Waals surface area contributed by atoms with Gasteiger partial charge in [-0.2, -0.15) is 0 Å². The summed E-state index contributed by atoms with van der Waals surface area (Å²) in [6, 6.07) is 1.25. The summed E-state index contributed by atoms with van der Waals surface area (Å²) in [5.41, 5.74) is -0.586. The highest BCUT2D eigenvalue weighted by atomic mass is 35.5. The zero-order valence-corrected chi connectivity index (χ0v) is 12.6. The molecule has 0 unspecified atom stereocenters. The Morgan fingerprint density at radius 2 is 1.95 bits per heavy atom. The van der Waals surface area contributed by atoms with E-state index in [1.165, 1.54) is 0 Å². The lowest BCUT2D eigenvalue weighted by atomic mass is 10.2. The number of carbonyl (C=O) groups is 1. The van der Waals surface area contributed by atoms with E-state index in [2.05, 4.69) is 4.72 Å². The summed E-state index contributed by atoms with van der Waals surface area (Å²) in [5, 5.41) is 8.28. The quantitative estimate of drug-likeness (QED) is 0.843. The van der Waals surface area contributed by atoms with Crippen LogP contribution in [-0.4, -0.2) is 25.5 Å². The molecule has 0 bridgehead atoms. The Kier molecular flexibility index (Phi) is 5.50. The molecule has 5 nitrogen and oxygen atoms in total. The van der Waals surface area contributed by atoms with Crippen LogP contribution in [0.4, 0.5) is 4.39 Å². The van der Waals surface area contributed by atoms with Crippen molar-refractivity contribution in [2.45, 2.75) is 37.6 Å². The fourth-order valence-electron chi connectivity index (χ4n) is 1.62. The molecule has 8 heteroatoms. The number of rotatable bonds is 6. The van der Waals surface area contributed by atoms with Crippen molar-refractivity contribution in [3.8, 4) is 0 Å². The van der Waals surface area contributed by atoms with E-state index in [0.29, 0.717) is 18.9 Å². The summed E-state index contributed by atoms with van der Waals surface area (Å²) in [7, 11) is -3.99. The molecule has 0 heterocycles. The molecular formula is C12H15ClFNO4S. The van der Waals surface area contributed by atoms with Crippen molar-refractivity contribution in [2.24, 2.45) is 0 Å². The summed E-state index contributed by atoms with van der Waals surface area (Å²) >= 11 is 5.50. The topological polar surface area (TPSA) is 83.5 Å². The highest BCUT2D eigenvalue weighted by Crippen LogP contribution is 2.24. The molecule has 1 aromatic rings. The molecule has 0 aromatic heterocycles. The summed E-state index contributed by atoms with van der Waals surface area (Å²) in [6.45, 7) is 3.61. The minimum Gasteiger partial charge on any atom is -0.478 e. The summed E-state index contributed by atoms with van der Waals surface area (Å²) in [5.74, 6) is -2.58. The molecule has 1 aromatic carbocycles. The predicted octanol–water partition coefficient (Wildman–Crippen LogP) is 2.64. The van der Waals surface area contributed by atoms with E-state index >= 15 is 0 Å². The lowest BCUT2D eigenvalue weighted by Gasteiger charge is -2.15. The third-order valence-electron chi connectivity index (χ3n) is 2.85. The number of hydrogen-bond donors (Lipinski definition) is 2. The molecule has 1 rings (SSSR count). The number of carboxylic acids is 1. The number of nitrogens with one attached hydrogen (secondary N) is 1. The molecule has 20 heavy (non-hydrogen) atoms. The summed E-state index contributed by atoms with van der Waals surface area (Å²) in [6.07, 6.45) is 1.13. The highest BCUT2D eigenvalue weighted by Gasteiger charge is 2.23. The molecule has 2 N–H and O–H groups in total. The second-order valence-corrected chi connectivity index (χ2v) is 6.30. The largest absolute Gasteiger partial charge is 0.478 e. The van der Waals surface area contributed by atoms with Crippen LogP contribution in [0.3, 0.4) is 0 Å². The highest BCUT2D eigenvalue weighted by molar-refractivity contribution is 7.89. The molecule has 0 atom stereocenters. The molecule has 0 saturated heterocycles. The van der Waals surface area contributed by atoms with E-state index in [1.807, 2.05) is 13.8 Å². The Bertz CT molecular complexity index is 614. The molecule has 0 aliphatic heterocycles. The second-order valence-electron chi connectivity index (χ2n) is 4.21. The fourth-order valence-corrected chi connectivity index (χ4v) is 3.25. The van der Waals surface area contributed by atoms with Crippen molar-refractivity contribution in [3.63, 3.8) is 0 Å². The standard InChI is InChI=1S/C12H15ClFNO4S/c1-3-7(4-2)15-20(18,19)8-5-9(12(16)17)11(13)10(14)6-8/h5-7,15H,3-4H2,1-2H3,(H,16,17). The first-order valence-corrected chi connectivity index (χ1v) is 7.83. The normalized spacial score (nSPS) is 11.8. The van der Waals surface area contributed by atoms with Gasteiger partial charge in [0.2, 0.25) is 10.0 Å². The van der Waals surface area contributed by atoms with Crippen LogP contribution in [0.1, 0.15) is 37.0 Å². The third kappa shape index (κ3) is 3.68. The Labute approximate surface area is 121 Å². The number of hydrogen-bond acceptors (Lipinski definition) is 3. The van der Waals surface area contributed by atoms with E-state index in [1.54, 1.807) is 0 Å². The van der Waals surface area contributed by atoms with Gasteiger partial charge >= 0.3 is 5.97 Å². The van der Waals surface area contributed by atoms with Gasteiger partial charge in [0.25, 0.3) is 0 Å². The first-order valence-electron chi connectivity index (χ1n) is 5.97. The van der Waals surface area contributed by atoms with Crippen molar-refractivity contribution >= 4 is 27.6 Å². The Morgan fingerprint density at radius 1 is 1.40 bits per heavy atom. The third-order valence-corrected chi connectivity index (χ3v) is 4.73. The molecule has 0 aliphatic carbocycles. The number of carboxylic acid groups (broad SMARTS) is 1. The van der Waals surface area contributed by atoms with Gasteiger partial charge in [0.1, 0.15) is 5.82 Å². The predicted molar refractivity (Wildman–Crippen MR) is 73.1 cm³/mol. The van der Waals surface area contributed by atoms with Crippen LogP contribution in [0.15, 0.2) is 17.0 Å². The zero-order valence-electron chi connectivity index (χ0n) is 11.0. The van der Waals surface area contributed by atoms with Crippen LogP contribution in [0, 0.1) is 5.82 Å². The number of benzene rings is 1. The molecule has 112 valence electrons. The molecule has 0 amide bonds. The van der Waals surface area contributed by atoms with Gasteiger partial charge in [-0.15, -0.1) is 0 Å². The molecule has 0 fully saturated rings. The smallest absolute Gasteiger partial charge is 0.337 e. The van der Waals surface area contributed by atoms with Gasteiger partial charge in [0.15, 0.2) is 0 Å². The van der Waals surface area contributed by atoms with E-state index in [-0.39, 0.29) is 6.04 Å². The monoisotopic (exact) mass is 323 g/mol. The number of halogens is 2. The van der Waals surface area contributed by atoms with Gasteiger partial charge in [-0.3, -0.25) is 0 Å². The Balaban J connectivity index is 3.29. The summed E-state index contributed by atoms with van der Waals surface area (Å²) < 4.78 is 40.1. The van der Waals surface area contributed by atoms with Gasteiger partial charge in [0.05, 0.1) is 15.5 Å². The van der Waals surface area contributed by atoms with Crippen LogP contribution in [-0.2, 0) is 10.0 Å². The SMILES string of the molecule is CCC(CC)NS(=O)(=O)c1cc(F)c(Cl)c(C(=O)O)c1.